The Morgan fingerprint density at radius 2 is 2.07 bits per heavy atom. The van der Waals surface area contributed by atoms with Crippen molar-refractivity contribution in [3.63, 3.8) is 0 Å². The first-order valence-corrected chi connectivity index (χ1v) is 10.2. The van der Waals surface area contributed by atoms with Crippen LogP contribution in [0.5, 0.6) is 0 Å². The zero-order valence-electron chi connectivity index (χ0n) is 15.7. The van der Waals surface area contributed by atoms with Crippen molar-refractivity contribution in [2.24, 2.45) is 0 Å². The van der Waals surface area contributed by atoms with Crippen LogP contribution in [0.15, 0.2) is 46.0 Å². The number of aromatic nitrogens is 3. The third-order valence-corrected chi connectivity index (χ3v) is 6.36. The molecule has 0 radical (unpaired) electrons. The summed E-state index contributed by atoms with van der Waals surface area (Å²) in [5, 5.41) is 12.5. The molecule has 8 heteroatoms. The molecular weight excluding hydrogens is 396 g/mol. The van der Waals surface area contributed by atoms with Crippen molar-refractivity contribution in [2.75, 3.05) is 5.32 Å². The molecule has 0 saturated carbocycles. The third-order valence-electron chi connectivity index (χ3n) is 4.61. The maximum atomic E-state index is 12.8. The molecule has 144 valence electrons. The Morgan fingerprint density at radius 3 is 2.82 bits per heavy atom. The first kappa shape index (κ1) is 18.8. The van der Waals surface area contributed by atoms with E-state index in [2.05, 4.69) is 15.5 Å². The number of nitrogens with one attached hydrogen (secondary N) is 1. The van der Waals surface area contributed by atoms with Crippen LogP contribution in [0.3, 0.4) is 0 Å². The van der Waals surface area contributed by atoms with E-state index in [0.717, 1.165) is 28.0 Å². The van der Waals surface area contributed by atoms with Crippen LogP contribution in [0, 0.1) is 13.8 Å². The number of furan rings is 1. The lowest BCUT2D eigenvalue weighted by molar-refractivity contribution is -0.115. The van der Waals surface area contributed by atoms with Crippen LogP contribution in [-0.4, -0.2) is 25.8 Å². The molecule has 4 aromatic rings. The lowest BCUT2D eigenvalue weighted by Gasteiger charge is -2.15. The highest BCUT2D eigenvalue weighted by Crippen LogP contribution is 2.32. The summed E-state index contributed by atoms with van der Waals surface area (Å²) < 4.78 is 7.51. The Morgan fingerprint density at radius 1 is 1.25 bits per heavy atom. The number of halogens is 1. The van der Waals surface area contributed by atoms with E-state index in [-0.39, 0.29) is 11.2 Å². The summed E-state index contributed by atoms with van der Waals surface area (Å²) in [6.07, 6.45) is 2.30. The van der Waals surface area contributed by atoms with Crippen LogP contribution >= 0.6 is 23.4 Å². The standard InChI is InChI=1S/C20H19ClN4O2S/c1-4-18(19(26)22-13-6-5-11(2)14(21)9-13)28-20-16-10-17-15(7-8-27-17)25(16)12(3)23-24-20/h5-10,18H,4H2,1-3H3,(H,22,26). The topological polar surface area (TPSA) is 72.4 Å². The molecule has 3 aromatic heterocycles. The number of anilines is 1. The maximum absolute atomic E-state index is 12.8. The number of nitrogens with zero attached hydrogens (tertiary/aromatic N) is 3. The van der Waals surface area contributed by atoms with Crippen molar-refractivity contribution in [3.05, 3.63) is 53.0 Å². The largest absolute Gasteiger partial charge is 0.463 e. The van der Waals surface area contributed by atoms with Gasteiger partial charge < -0.3 is 9.73 Å². The molecule has 0 aliphatic heterocycles. The van der Waals surface area contributed by atoms with Gasteiger partial charge in [-0.15, -0.1) is 10.2 Å². The lowest BCUT2D eigenvalue weighted by atomic mass is 10.2. The van der Waals surface area contributed by atoms with Crippen LogP contribution in [0.1, 0.15) is 24.7 Å². The predicted molar refractivity (Wildman–Crippen MR) is 112 cm³/mol. The summed E-state index contributed by atoms with van der Waals surface area (Å²) in [6.45, 7) is 5.79. The highest BCUT2D eigenvalue weighted by Gasteiger charge is 2.22. The predicted octanol–water partition coefficient (Wildman–Crippen LogP) is 5.26. The van der Waals surface area contributed by atoms with Gasteiger partial charge in [0.1, 0.15) is 10.9 Å². The highest BCUT2D eigenvalue weighted by molar-refractivity contribution is 8.00. The molecule has 28 heavy (non-hydrogen) atoms. The fourth-order valence-electron chi connectivity index (χ4n) is 3.08. The number of hydrogen-bond acceptors (Lipinski definition) is 5. The van der Waals surface area contributed by atoms with Gasteiger partial charge in [-0.2, -0.15) is 0 Å². The summed E-state index contributed by atoms with van der Waals surface area (Å²) in [5.41, 5.74) is 4.25. The Balaban J connectivity index is 1.62. The number of fused-ring (bicyclic) bond motifs is 3. The monoisotopic (exact) mass is 414 g/mol. The van der Waals surface area contributed by atoms with Crippen LogP contribution in [0.4, 0.5) is 5.69 Å². The summed E-state index contributed by atoms with van der Waals surface area (Å²) in [6, 6.07) is 9.33. The van der Waals surface area contributed by atoms with Crippen LogP contribution in [-0.2, 0) is 4.79 Å². The number of rotatable bonds is 5. The van der Waals surface area contributed by atoms with Crippen molar-refractivity contribution < 1.29 is 9.21 Å². The average molecular weight is 415 g/mol. The first-order chi connectivity index (χ1) is 13.5. The Kier molecular flexibility index (Phi) is 5.03. The molecule has 3 heterocycles. The molecule has 0 aliphatic rings. The molecule has 4 rings (SSSR count). The van der Waals surface area contributed by atoms with Gasteiger partial charge in [0.25, 0.3) is 0 Å². The van der Waals surface area contributed by atoms with Gasteiger partial charge in [-0.3, -0.25) is 9.20 Å². The zero-order valence-corrected chi connectivity index (χ0v) is 17.3. The van der Waals surface area contributed by atoms with Crippen molar-refractivity contribution in [2.45, 2.75) is 37.5 Å². The fourth-order valence-corrected chi connectivity index (χ4v) is 4.22. The fraction of sp³-hybridized carbons (Fsp3) is 0.250. The summed E-state index contributed by atoms with van der Waals surface area (Å²) in [4.78, 5) is 12.8. The van der Waals surface area contributed by atoms with E-state index in [4.69, 9.17) is 16.0 Å². The lowest BCUT2D eigenvalue weighted by Crippen LogP contribution is -2.24. The van der Waals surface area contributed by atoms with Crippen molar-refractivity contribution >= 4 is 51.6 Å². The number of carbonyl (C=O) groups excluding carboxylic acids is 1. The van der Waals surface area contributed by atoms with E-state index in [1.54, 1.807) is 12.3 Å². The number of aryl methyl sites for hydroxylation is 2. The molecule has 0 spiro atoms. The Labute approximate surface area is 171 Å². The van der Waals surface area contributed by atoms with E-state index in [1.807, 2.05) is 49.4 Å². The quantitative estimate of drug-likeness (QED) is 0.451. The minimum atomic E-state index is -0.318. The molecule has 1 atom stereocenters. The second-order valence-corrected chi connectivity index (χ2v) is 8.15. The van der Waals surface area contributed by atoms with Crippen molar-refractivity contribution in [3.8, 4) is 0 Å². The summed E-state index contributed by atoms with van der Waals surface area (Å²) in [7, 11) is 0. The van der Waals surface area contributed by atoms with E-state index < -0.39 is 0 Å². The van der Waals surface area contributed by atoms with Gasteiger partial charge in [-0.05, 0) is 38.0 Å². The summed E-state index contributed by atoms with van der Waals surface area (Å²) >= 11 is 7.56. The molecule has 1 unspecified atom stereocenters. The molecule has 1 N–H and O–H groups in total. The van der Waals surface area contributed by atoms with Gasteiger partial charge in [-0.1, -0.05) is 36.4 Å². The number of carbonyl (C=O) groups is 1. The minimum absolute atomic E-state index is 0.0943. The van der Waals surface area contributed by atoms with Crippen LogP contribution in [0.2, 0.25) is 5.02 Å². The van der Waals surface area contributed by atoms with Crippen molar-refractivity contribution in [1.29, 1.82) is 0 Å². The van der Waals surface area contributed by atoms with E-state index >= 15 is 0 Å². The summed E-state index contributed by atoms with van der Waals surface area (Å²) in [5.74, 6) is 0.672. The smallest absolute Gasteiger partial charge is 0.237 e. The van der Waals surface area contributed by atoms with E-state index in [0.29, 0.717) is 22.2 Å². The van der Waals surface area contributed by atoms with Crippen LogP contribution < -0.4 is 5.32 Å². The molecular formula is C20H19ClN4O2S. The number of hydrogen-bond donors (Lipinski definition) is 1. The van der Waals surface area contributed by atoms with Gasteiger partial charge in [0.15, 0.2) is 5.58 Å². The minimum Gasteiger partial charge on any atom is -0.463 e. The first-order valence-electron chi connectivity index (χ1n) is 8.93. The zero-order chi connectivity index (χ0) is 19.8. The Bertz CT molecular complexity index is 1180. The van der Waals surface area contributed by atoms with E-state index in [9.17, 15) is 4.79 Å². The van der Waals surface area contributed by atoms with Gasteiger partial charge in [0.05, 0.1) is 22.5 Å². The van der Waals surface area contributed by atoms with Gasteiger partial charge in [0, 0.05) is 22.8 Å². The Hall–Kier alpha value is -2.51. The molecule has 1 amide bonds. The second-order valence-electron chi connectivity index (χ2n) is 6.56. The molecule has 1 aromatic carbocycles. The number of amides is 1. The molecule has 0 saturated heterocycles. The van der Waals surface area contributed by atoms with Gasteiger partial charge >= 0.3 is 0 Å². The average Bonchev–Trinajstić information content (AvgIpc) is 3.25. The highest BCUT2D eigenvalue weighted by atomic mass is 35.5. The van der Waals surface area contributed by atoms with Gasteiger partial charge in [0.2, 0.25) is 5.91 Å². The molecule has 0 aliphatic carbocycles. The second kappa shape index (κ2) is 7.48. The molecule has 6 nitrogen and oxygen atoms in total. The van der Waals surface area contributed by atoms with Crippen molar-refractivity contribution in [1.82, 2.24) is 14.6 Å². The van der Waals surface area contributed by atoms with Crippen LogP contribution in [0.25, 0.3) is 16.6 Å². The number of thioether (sulfide) groups is 1. The van der Waals surface area contributed by atoms with Gasteiger partial charge in [-0.25, -0.2) is 0 Å². The number of benzene rings is 1. The SMILES string of the molecule is CCC(Sc1nnc(C)n2c1cc1occc12)C(=O)Nc1ccc(C)c(Cl)c1. The normalized spacial score (nSPS) is 12.6. The third kappa shape index (κ3) is 3.36. The van der Waals surface area contributed by atoms with E-state index in [1.165, 1.54) is 11.8 Å². The maximum Gasteiger partial charge on any atom is 0.237 e. The molecule has 0 bridgehead atoms. The molecule has 0 fully saturated rings.